The van der Waals surface area contributed by atoms with Crippen molar-refractivity contribution < 1.29 is 14.6 Å². The second-order valence-electron chi connectivity index (χ2n) is 4.95. The molecule has 1 unspecified atom stereocenters. The summed E-state index contributed by atoms with van der Waals surface area (Å²) in [7, 11) is 0. The lowest BCUT2D eigenvalue weighted by molar-refractivity contribution is -0.132. The van der Waals surface area contributed by atoms with Gasteiger partial charge in [0.05, 0.1) is 12.2 Å². The molecule has 1 amide bonds. The highest BCUT2D eigenvalue weighted by atomic mass is 35.5. The Morgan fingerprint density at radius 2 is 2.05 bits per heavy atom. The summed E-state index contributed by atoms with van der Waals surface area (Å²) in [6.45, 7) is 4.86. The molecule has 0 aromatic rings. The molecule has 0 aromatic heterocycles. The summed E-state index contributed by atoms with van der Waals surface area (Å²) in [6.07, 6.45) is 2.52. The van der Waals surface area contributed by atoms with Crippen LogP contribution in [0.4, 0.5) is 0 Å². The molecule has 0 spiro atoms. The van der Waals surface area contributed by atoms with E-state index in [0.29, 0.717) is 13.1 Å². The van der Waals surface area contributed by atoms with E-state index in [1.807, 2.05) is 13.8 Å². The van der Waals surface area contributed by atoms with Crippen LogP contribution >= 0.6 is 12.4 Å². The molecule has 0 aliphatic carbocycles. The monoisotopic (exact) mass is 294 g/mol. The van der Waals surface area contributed by atoms with Crippen LogP contribution in [0.3, 0.4) is 0 Å². The van der Waals surface area contributed by atoms with Crippen molar-refractivity contribution in [3.8, 4) is 0 Å². The molecule has 4 N–H and O–H groups in total. The second kappa shape index (κ2) is 9.53. The number of nitrogens with two attached hydrogens (primary N) is 1. The van der Waals surface area contributed by atoms with E-state index in [9.17, 15) is 9.90 Å². The molecule has 0 saturated carbocycles. The van der Waals surface area contributed by atoms with Crippen LogP contribution < -0.4 is 11.1 Å². The fraction of sp³-hybridized carbons (Fsp3) is 0.923. The lowest BCUT2D eigenvalue weighted by Crippen LogP contribution is -2.41. The van der Waals surface area contributed by atoms with Gasteiger partial charge in [-0.05, 0) is 18.8 Å². The van der Waals surface area contributed by atoms with Gasteiger partial charge in [-0.2, -0.15) is 0 Å². The molecule has 3 atom stereocenters. The molecule has 0 radical (unpaired) electrons. The molecular formula is C13H27ClN2O3. The molecule has 1 aliphatic heterocycles. The molecule has 1 saturated heterocycles. The Morgan fingerprint density at radius 1 is 1.42 bits per heavy atom. The van der Waals surface area contributed by atoms with E-state index >= 15 is 0 Å². The van der Waals surface area contributed by atoms with E-state index in [1.54, 1.807) is 0 Å². The topological polar surface area (TPSA) is 84.6 Å². The Bertz CT molecular complexity index is 262. The van der Waals surface area contributed by atoms with E-state index in [0.717, 1.165) is 25.7 Å². The van der Waals surface area contributed by atoms with Crippen LogP contribution in [0.2, 0.25) is 0 Å². The summed E-state index contributed by atoms with van der Waals surface area (Å²) in [5.41, 5.74) is 5.50. The van der Waals surface area contributed by atoms with Gasteiger partial charge in [-0.3, -0.25) is 4.79 Å². The van der Waals surface area contributed by atoms with Crippen molar-refractivity contribution in [1.82, 2.24) is 5.32 Å². The summed E-state index contributed by atoms with van der Waals surface area (Å²) in [5.74, 6) is 0.113. The number of rotatable bonds is 7. The number of ether oxygens (including phenoxy) is 1. The highest BCUT2D eigenvalue weighted by Gasteiger charge is 2.30. The van der Waals surface area contributed by atoms with E-state index in [-0.39, 0.29) is 30.3 Å². The number of carbonyl (C=O) groups is 1. The van der Waals surface area contributed by atoms with Crippen LogP contribution in [0.25, 0.3) is 0 Å². The number of aliphatic hydroxyl groups is 1. The summed E-state index contributed by atoms with van der Waals surface area (Å²) < 4.78 is 5.50. The summed E-state index contributed by atoms with van der Waals surface area (Å²) in [4.78, 5) is 11.8. The number of nitrogens with one attached hydrogen (secondary N) is 1. The van der Waals surface area contributed by atoms with Gasteiger partial charge in [0.2, 0.25) is 5.91 Å². The van der Waals surface area contributed by atoms with Crippen LogP contribution in [0.5, 0.6) is 0 Å². The first-order valence-corrected chi connectivity index (χ1v) is 6.93. The van der Waals surface area contributed by atoms with Gasteiger partial charge in [0.25, 0.3) is 0 Å². The van der Waals surface area contributed by atoms with Crippen molar-refractivity contribution in [1.29, 1.82) is 0 Å². The van der Waals surface area contributed by atoms with Crippen LogP contribution in [0, 0.1) is 5.92 Å². The zero-order valence-corrected chi connectivity index (χ0v) is 12.6. The van der Waals surface area contributed by atoms with Gasteiger partial charge in [0, 0.05) is 13.1 Å². The Balaban J connectivity index is 0.00000324. The minimum atomic E-state index is -0.476. The molecule has 6 heteroatoms. The largest absolute Gasteiger partial charge is 0.391 e. The maximum Gasteiger partial charge on any atom is 0.249 e. The number of halogens is 1. The molecule has 0 aromatic carbocycles. The molecule has 19 heavy (non-hydrogen) atoms. The molecule has 1 aliphatic rings. The molecule has 1 rings (SSSR count). The van der Waals surface area contributed by atoms with E-state index in [4.69, 9.17) is 10.5 Å². The van der Waals surface area contributed by atoms with Gasteiger partial charge >= 0.3 is 0 Å². The third-order valence-corrected chi connectivity index (χ3v) is 3.74. The van der Waals surface area contributed by atoms with E-state index < -0.39 is 12.2 Å². The highest BCUT2D eigenvalue weighted by molar-refractivity contribution is 5.85. The van der Waals surface area contributed by atoms with Crippen molar-refractivity contribution in [2.24, 2.45) is 11.7 Å². The number of hydrogen-bond donors (Lipinski definition) is 3. The fourth-order valence-electron chi connectivity index (χ4n) is 2.39. The Labute approximate surface area is 121 Å². The average molecular weight is 295 g/mol. The average Bonchev–Trinajstić information content (AvgIpc) is 2.86. The van der Waals surface area contributed by atoms with Gasteiger partial charge in [-0.15, -0.1) is 12.4 Å². The molecule has 1 heterocycles. The lowest BCUT2D eigenvalue weighted by Gasteiger charge is -2.21. The van der Waals surface area contributed by atoms with Crippen molar-refractivity contribution in [3.63, 3.8) is 0 Å². The van der Waals surface area contributed by atoms with Gasteiger partial charge in [0.1, 0.15) is 6.10 Å². The summed E-state index contributed by atoms with van der Waals surface area (Å²) >= 11 is 0. The minimum absolute atomic E-state index is 0. The maximum atomic E-state index is 11.8. The lowest BCUT2D eigenvalue weighted by atomic mass is 9.96. The van der Waals surface area contributed by atoms with Crippen molar-refractivity contribution in [3.05, 3.63) is 0 Å². The maximum absolute atomic E-state index is 11.8. The SMILES string of the molecule is CCC(CC)C(O)CNC(=O)[C@@H]1CC[C@H](CN)O1.Cl. The number of aliphatic hydroxyl groups excluding tert-OH is 1. The van der Waals surface area contributed by atoms with Crippen LogP contribution in [-0.4, -0.2) is 42.4 Å². The minimum Gasteiger partial charge on any atom is -0.391 e. The third-order valence-electron chi connectivity index (χ3n) is 3.74. The zero-order valence-electron chi connectivity index (χ0n) is 11.8. The molecule has 0 bridgehead atoms. The molecular weight excluding hydrogens is 268 g/mol. The van der Waals surface area contributed by atoms with Crippen molar-refractivity contribution in [2.45, 2.75) is 57.8 Å². The quantitative estimate of drug-likeness (QED) is 0.649. The second-order valence-corrected chi connectivity index (χ2v) is 4.95. The Kier molecular flexibility index (Phi) is 9.35. The Morgan fingerprint density at radius 3 is 2.53 bits per heavy atom. The molecule has 5 nitrogen and oxygen atoms in total. The van der Waals surface area contributed by atoms with Crippen molar-refractivity contribution >= 4 is 18.3 Å². The van der Waals surface area contributed by atoms with Crippen molar-refractivity contribution in [2.75, 3.05) is 13.1 Å². The Hall–Kier alpha value is -0.360. The summed E-state index contributed by atoms with van der Waals surface area (Å²) in [5, 5.41) is 12.7. The van der Waals surface area contributed by atoms with Crippen LogP contribution in [0.15, 0.2) is 0 Å². The summed E-state index contributed by atoms with van der Waals surface area (Å²) in [6, 6.07) is 0. The number of carbonyl (C=O) groups excluding carboxylic acids is 1. The first-order valence-electron chi connectivity index (χ1n) is 6.93. The van der Waals surface area contributed by atoms with Gasteiger partial charge in [-0.1, -0.05) is 26.7 Å². The van der Waals surface area contributed by atoms with Gasteiger partial charge in [0.15, 0.2) is 0 Å². The molecule has 114 valence electrons. The van der Waals surface area contributed by atoms with E-state index in [2.05, 4.69) is 5.32 Å². The van der Waals surface area contributed by atoms with E-state index in [1.165, 1.54) is 0 Å². The number of amides is 1. The number of hydrogen-bond acceptors (Lipinski definition) is 4. The zero-order chi connectivity index (χ0) is 13.5. The van der Waals surface area contributed by atoms with Gasteiger partial charge < -0.3 is 20.9 Å². The predicted molar refractivity (Wildman–Crippen MR) is 77.3 cm³/mol. The standard InChI is InChI=1S/C13H26N2O3.ClH/c1-3-9(4-2)11(16)8-15-13(17)12-6-5-10(7-14)18-12;/h9-12,16H,3-8,14H2,1-2H3,(H,15,17);1H/t10-,11?,12+;/m1./s1. The van der Waals surface area contributed by atoms with Gasteiger partial charge in [-0.25, -0.2) is 0 Å². The smallest absolute Gasteiger partial charge is 0.249 e. The van der Waals surface area contributed by atoms with Crippen LogP contribution in [-0.2, 0) is 9.53 Å². The third kappa shape index (κ3) is 5.65. The van der Waals surface area contributed by atoms with Crippen LogP contribution in [0.1, 0.15) is 39.5 Å². The predicted octanol–water partition coefficient (Wildman–Crippen LogP) is 0.828. The first kappa shape index (κ1) is 18.6. The molecule has 1 fully saturated rings. The normalized spacial score (nSPS) is 24.1. The fourth-order valence-corrected chi connectivity index (χ4v) is 2.39. The highest BCUT2D eigenvalue weighted by Crippen LogP contribution is 2.19. The first-order chi connectivity index (χ1) is 8.62.